The van der Waals surface area contributed by atoms with Crippen molar-refractivity contribution >= 4 is 17.3 Å². The maximum Gasteiger partial charge on any atom is 0.348 e. The van der Waals surface area contributed by atoms with Gasteiger partial charge in [0.1, 0.15) is 9.88 Å². The van der Waals surface area contributed by atoms with E-state index in [0.29, 0.717) is 10.6 Å². The molecule has 5 heteroatoms. The van der Waals surface area contributed by atoms with Gasteiger partial charge in [0, 0.05) is 5.56 Å². The van der Waals surface area contributed by atoms with Crippen LogP contribution in [0.5, 0.6) is 0 Å². The van der Waals surface area contributed by atoms with Crippen molar-refractivity contribution in [1.29, 1.82) is 0 Å². The van der Waals surface area contributed by atoms with Crippen LogP contribution in [0.2, 0.25) is 0 Å². The highest BCUT2D eigenvalue weighted by molar-refractivity contribution is 7.14. The summed E-state index contributed by atoms with van der Waals surface area (Å²) in [7, 11) is 0. The molecule has 2 heterocycles. The molecule has 4 nitrogen and oxygen atoms in total. The smallest absolute Gasteiger partial charge is 0.348 e. The van der Waals surface area contributed by atoms with Gasteiger partial charge in [0.15, 0.2) is 0 Å². The fourth-order valence-corrected chi connectivity index (χ4v) is 3.82. The molecule has 116 valence electrons. The number of hydrogen-bond donors (Lipinski definition) is 1. The number of rotatable bonds is 4. The van der Waals surface area contributed by atoms with E-state index >= 15 is 0 Å². The van der Waals surface area contributed by atoms with Crippen LogP contribution in [-0.4, -0.2) is 34.0 Å². The number of carboxylic acid groups (broad SMARTS) is 1. The lowest BCUT2D eigenvalue weighted by Gasteiger charge is -2.17. The number of aromatic nitrogens is 1. The number of aromatic carboxylic acids is 1. The normalized spacial score (nSPS) is 16.4. The molecule has 0 radical (unpaired) electrons. The minimum atomic E-state index is -0.890. The van der Waals surface area contributed by atoms with E-state index in [1.807, 2.05) is 30.3 Å². The Morgan fingerprint density at radius 2 is 1.82 bits per heavy atom. The molecule has 0 atom stereocenters. The van der Waals surface area contributed by atoms with Crippen LogP contribution in [0.15, 0.2) is 30.3 Å². The van der Waals surface area contributed by atoms with Crippen molar-refractivity contribution in [3.63, 3.8) is 0 Å². The van der Waals surface area contributed by atoms with Crippen LogP contribution in [0.1, 0.15) is 40.4 Å². The second-order valence-electron chi connectivity index (χ2n) is 5.65. The molecule has 22 heavy (non-hydrogen) atoms. The summed E-state index contributed by atoms with van der Waals surface area (Å²) in [6, 6.07) is 9.58. The third-order valence-electron chi connectivity index (χ3n) is 3.97. The van der Waals surface area contributed by atoms with Gasteiger partial charge < -0.3 is 5.11 Å². The van der Waals surface area contributed by atoms with Crippen LogP contribution in [-0.2, 0) is 6.54 Å². The third-order valence-corrected chi connectivity index (χ3v) is 5.00. The Labute approximate surface area is 134 Å². The molecule has 1 aliphatic heterocycles. The zero-order chi connectivity index (χ0) is 15.4. The number of hydrogen-bond acceptors (Lipinski definition) is 4. The maximum atomic E-state index is 11.5. The molecule has 0 spiro atoms. The Morgan fingerprint density at radius 1 is 1.14 bits per heavy atom. The first-order valence-electron chi connectivity index (χ1n) is 7.75. The van der Waals surface area contributed by atoms with Gasteiger partial charge >= 0.3 is 5.97 Å². The summed E-state index contributed by atoms with van der Waals surface area (Å²) in [5.41, 5.74) is 1.47. The van der Waals surface area contributed by atoms with Crippen LogP contribution < -0.4 is 0 Å². The van der Waals surface area contributed by atoms with E-state index in [-0.39, 0.29) is 0 Å². The van der Waals surface area contributed by atoms with E-state index in [0.717, 1.165) is 30.2 Å². The quantitative estimate of drug-likeness (QED) is 0.930. The lowest BCUT2D eigenvalue weighted by atomic mass is 10.1. The maximum absolute atomic E-state index is 11.5. The predicted octanol–water partition coefficient (Wildman–Crippen LogP) is 3.88. The third kappa shape index (κ3) is 3.54. The molecule has 1 N–H and O–H groups in total. The summed E-state index contributed by atoms with van der Waals surface area (Å²) < 4.78 is 0. The van der Waals surface area contributed by atoms with E-state index in [1.165, 1.54) is 37.0 Å². The first kappa shape index (κ1) is 15.2. The predicted molar refractivity (Wildman–Crippen MR) is 88.3 cm³/mol. The van der Waals surface area contributed by atoms with Crippen LogP contribution in [0.25, 0.3) is 11.3 Å². The molecule has 1 aliphatic rings. The Balaban J connectivity index is 1.85. The molecule has 1 aromatic carbocycles. The number of thiazole rings is 1. The number of benzene rings is 1. The molecule has 1 fully saturated rings. The molecule has 0 saturated carbocycles. The van der Waals surface area contributed by atoms with E-state index in [4.69, 9.17) is 0 Å². The number of carboxylic acids is 1. The average molecular weight is 316 g/mol. The van der Waals surface area contributed by atoms with Crippen molar-refractivity contribution in [3.05, 3.63) is 40.2 Å². The zero-order valence-electron chi connectivity index (χ0n) is 12.5. The van der Waals surface area contributed by atoms with E-state index in [1.54, 1.807) is 0 Å². The van der Waals surface area contributed by atoms with Crippen molar-refractivity contribution in [2.75, 3.05) is 13.1 Å². The highest BCUT2D eigenvalue weighted by atomic mass is 32.1. The summed E-state index contributed by atoms with van der Waals surface area (Å²) >= 11 is 1.31. The Hall–Kier alpha value is -1.72. The van der Waals surface area contributed by atoms with Gasteiger partial charge in [-0.3, -0.25) is 4.90 Å². The van der Waals surface area contributed by atoms with Gasteiger partial charge in [0.25, 0.3) is 0 Å². The van der Waals surface area contributed by atoms with Crippen LogP contribution >= 0.6 is 11.3 Å². The SMILES string of the molecule is O=C(O)c1sc(CN2CCCCCC2)nc1-c1ccccc1. The van der Waals surface area contributed by atoms with E-state index < -0.39 is 5.97 Å². The molecule has 2 aromatic rings. The van der Waals surface area contributed by atoms with Gasteiger partial charge in [-0.2, -0.15) is 0 Å². The Morgan fingerprint density at radius 3 is 2.45 bits per heavy atom. The fraction of sp³-hybridized carbons (Fsp3) is 0.412. The first-order chi connectivity index (χ1) is 10.7. The summed E-state index contributed by atoms with van der Waals surface area (Å²) in [6.07, 6.45) is 5.04. The summed E-state index contributed by atoms with van der Waals surface area (Å²) in [5.74, 6) is -0.890. The lowest BCUT2D eigenvalue weighted by molar-refractivity contribution is 0.0702. The summed E-state index contributed by atoms with van der Waals surface area (Å²) in [6.45, 7) is 2.93. The van der Waals surface area contributed by atoms with E-state index in [9.17, 15) is 9.90 Å². The van der Waals surface area contributed by atoms with Crippen molar-refractivity contribution in [2.24, 2.45) is 0 Å². The Bertz CT molecular complexity index is 631. The monoisotopic (exact) mass is 316 g/mol. The first-order valence-corrected chi connectivity index (χ1v) is 8.56. The van der Waals surface area contributed by atoms with E-state index in [2.05, 4.69) is 9.88 Å². The van der Waals surface area contributed by atoms with Crippen molar-refractivity contribution in [1.82, 2.24) is 9.88 Å². The Kier molecular flexibility index (Phi) is 4.85. The van der Waals surface area contributed by atoms with Gasteiger partial charge in [0.05, 0.1) is 12.2 Å². The topological polar surface area (TPSA) is 53.4 Å². The molecule has 1 saturated heterocycles. The highest BCUT2D eigenvalue weighted by Gasteiger charge is 2.20. The molecule has 0 bridgehead atoms. The lowest BCUT2D eigenvalue weighted by Crippen LogP contribution is -2.23. The van der Waals surface area contributed by atoms with Gasteiger partial charge in [0.2, 0.25) is 0 Å². The minimum absolute atomic E-state index is 0.344. The van der Waals surface area contributed by atoms with Crippen LogP contribution in [0.4, 0.5) is 0 Å². The van der Waals surface area contributed by atoms with Gasteiger partial charge in [-0.15, -0.1) is 11.3 Å². The van der Waals surface area contributed by atoms with Crippen molar-refractivity contribution < 1.29 is 9.90 Å². The van der Waals surface area contributed by atoms with Crippen LogP contribution in [0.3, 0.4) is 0 Å². The summed E-state index contributed by atoms with van der Waals surface area (Å²) in [5, 5.41) is 10.3. The fourth-order valence-electron chi connectivity index (χ4n) is 2.85. The highest BCUT2D eigenvalue weighted by Crippen LogP contribution is 2.29. The minimum Gasteiger partial charge on any atom is -0.477 e. The van der Waals surface area contributed by atoms with Crippen LogP contribution in [0, 0.1) is 0 Å². The van der Waals surface area contributed by atoms with Crippen molar-refractivity contribution in [3.8, 4) is 11.3 Å². The number of likely N-dealkylation sites (tertiary alicyclic amines) is 1. The van der Waals surface area contributed by atoms with Gasteiger partial charge in [-0.05, 0) is 25.9 Å². The van der Waals surface area contributed by atoms with Gasteiger partial charge in [-0.25, -0.2) is 9.78 Å². The molecule has 3 rings (SSSR count). The molecule has 1 aromatic heterocycles. The molecule has 0 unspecified atom stereocenters. The standard InChI is InChI=1S/C17H20N2O2S/c20-17(21)16-15(13-8-4-3-5-9-13)18-14(22-16)12-19-10-6-1-2-7-11-19/h3-5,8-9H,1-2,6-7,10-12H2,(H,20,21). The van der Waals surface area contributed by atoms with Gasteiger partial charge in [-0.1, -0.05) is 43.2 Å². The zero-order valence-corrected chi connectivity index (χ0v) is 13.3. The summed E-state index contributed by atoms with van der Waals surface area (Å²) in [4.78, 5) is 18.9. The molecule has 0 aliphatic carbocycles. The molecular formula is C17H20N2O2S. The van der Waals surface area contributed by atoms with Crippen molar-refractivity contribution in [2.45, 2.75) is 32.2 Å². The molecular weight excluding hydrogens is 296 g/mol. The second-order valence-corrected chi connectivity index (χ2v) is 6.73. The second kappa shape index (κ2) is 7.03. The average Bonchev–Trinajstić information content (AvgIpc) is 2.78. The number of carbonyl (C=O) groups is 1. The largest absolute Gasteiger partial charge is 0.477 e. The number of nitrogens with zero attached hydrogens (tertiary/aromatic N) is 2. The molecule has 0 amide bonds.